The lowest BCUT2D eigenvalue weighted by molar-refractivity contribution is 0.0872. The zero-order valence-electron chi connectivity index (χ0n) is 14.0. The van der Waals surface area contributed by atoms with Crippen LogP contribution in [0.25, 0.3) is 0 Å². The SMILES string of the molecule is CCOC(=O)N1CCC(N[C@H](C)[C@@H](O)c2ccc(F)c(F)c2)CC1. The molecule has 0 saturated carbocycles. The summed E-state index contributed by atoms with van der Waals surface area (Å²) in [5.41, 5.74) is 0.331. The van der Waals surface area contributed by atoms with Crippen LogP contribution >= 0.6 is 0 Å². The van der Waals surface area contributed by atoms with Crippen molar-refractivity contribution in [2.24, 2.45) is 0 Å². The van der Waals surface area contributed by atoms with Crippen LogP contribution in [-0.4, -0.2) is 47.9 Å². The molecule has 2 N–H and O–H groups in total. The molecule has 1 aromatic carbocycles. The van der Waals surface area contributed by atoms with E-state index in [1.807, 2.05) is 0 Å². The normalized spacial score (nSPS) is 18.3. The number of nitrogens with zero attached hydrogens (tertiary/aromatic N) is 1. The number of ether oxygens (including phenoxy) is 1. The number of benzene rings is 1. The first-order chi connectivity index (χ1) is 11.4. The minimum atomic E-state index is -0.971. The number of likely N-dealkylation sites (tertiary alicyclic amines) is 1. The van der Waals surface area contributed by atoms with Crippen molar-refractivity contribution in [2.45, 2.75) is 44.9 Å². The molecule has 1 aromatic rings. The molecular weight excluding hydrogens is 318 g/mol. The van der Waals surface area contributed by atoms with Crippen molar-refractivity contribution in [2.75, 3.05) is 19.7 Å². The van der Waals surface area contributed by atoms with E-state index in [0.717, 1.165) is 25.0 Å². The highest BCUT2D eigenvalue weighted by atomic mass is 19.2. The lowest BCUT2D eigenvalue weighted by Gasteiger charge is -2.34. The van der Waals surface area contributed by atoms with Gasteiger partial charge in [-0.1, -0.05) is 6.07 Å². The van der Waals surface area contributed by atoms with Crippen LogP contribution < -0.4 is 5.32 Å². The second kappa shape index (κ2) is 8.39. The van der Waals surface area contributed by atoms with Crippen molar-refractivity contribution in [1.82, 2.24) is 10.2 Å². The zero-order chi connectivity index (χ0) is 17.7. The molecule has 24 heavy (non-hydrogen) atoms. The fourth-order valence-corrected chi connectivity index (χ4v) is 2.89. The molecule has 0 unspecified atom stereocenters. The number of aliphatic hydroxyl groups is 1. The summed E-state index contributed by atoms with van der Waals surface area (Å²) in [5, 5.41) is 13.6. The Morgan fingerprint density at radius 1 is 1.38 bits per heavy atom. The van der Waals surface area contributed by atoms with Gasteiger partial charge in [-0.3, -0.25) is 0 Å². The van der Waals surface area contributed by atoms with Gasteiger partial charge in [0.1, 0.15) is 0 Å². The van der Waals surface area contributed by atoms with Crippen molar-refractivity contribution in [3.63, 3.8) is 0 Å². The van der Waals surface area contributed by atoms with Crippen LogP contribution in [0.1, 0.15) is 38.4 Å². The third-order valence-electron chi connectivity index (χ3n) is 4.28. The highest BCUT2D eigenvalue weighted by molar-refractivity contribution is 5.67. The fourth-order valence-electron chi connectivity index (χ4n) is 2.89. The molecule has 1 amide bonds. The van der Waals surface area contributed by atoms with Crippen molar-refractivity contribution in [3.05, 3.63) is 35.4 Å². The first-order valence-corrected chi connectivity index (χ1v) is 8.23. The molecule has 5 nitrogen and oxygen atoms in total. The average molecular weight is 342 g/mol. The highest BCUT2D eigenvalue weighted by Crippen LogP contribution is 2.21. The number of halogens is 2. The molecule has 0 spiro atoms. The lowest BCUT2D eigenvalue weighted by atomic mass is 9.99. The topological polar surface area (TPSA) is 61.8 Å². The summed E-state index contributed by atoms with van der Waals surface area (Å²) in [6, 6.07) is 3.23. The largest absolute Gasteiger partial charge is 0.450 e. The minimum Gasteiger partial charge on any atom is -0.450 e. The number of carbonyl (C=O) groups excluding carboxylic acids is 1. The Morgan fingerprint density at radius 2 is 2.04 bits per heavy atom. The highest BCUT2D eigenvalue weighted by Gasteiger charge is 2.26. The number of piperidine rings is 1. The summed E-state index contributed by atoms with van der Waals surface area (Å²) in [6.07, 6.45) is 0.246. The van der Waals surface area contributed by atoms with Crippen molar-refractivity contribution < 1.29 is 23.4 Å². The summed E-state index contributed by atoms with van der Waals surface area (Å²) in [5.74, 6) is -1.90. The smallest absolute Gasteiger partial charge is 0.409 e. The molecule has 2 rings (SSSR count). The lowest BCUT2D eigenvalue weighted by Crippen LogP contribution is -2.48. The summed E-state index contributed by atoms with van der Waals surface area (Å²) >= 11 is 0. The second-order valence-corrected chi connectivity index (χ2v) is 6.03. The Labute approximate surface area is 140 Å². The van der Waals surface area contributed by atoms with Gasteiger partial charge >= 0.3 is 6.09 Å². The number of carbonyl (C=O) groups is 1. The number of amides is 1. The average Bonchev–Trinajstić information content (AvgIpc) is 2.57. The van der Waals surface area contributed by atoms with E-state index < -0.39 is 17.7 Å². The van der Waals surface area contributed by atoms with Crippen LogP contribution in [0.3, 0.4) is 0 Å². The molecule has 0 radical (unpaired) electrons. The quantitative estimate of drug-likeness (QED) is 0.863. The van der Waals surface area contributed by atoms with Gasteiger partial charge in [-0.05, 0) is 44.4 Å². The van der Waals surface area contributed by atoms with E-state index in [1.54, 1.807) is 18.7 Å². The van der Waals surface area contributed by atoms with Gasteiger partial charge in [0.15, 0.2) is 11.6 Å². The molecular formula is C17H24F2N2O3. The maximum Gasteiger partial charge on any atom is 0.409 e. The number of hydrogen-bond acceptors (Lipinski definition) is 4. The molecule has 1 aliphatic heterocycles. The molecule has 1 heterocycles. The molecule has 1 fully saturated rings. The van der Waals surface area contributed by atoms with E-state index in [1.165, 1.54) is 6.07 Å². The van der Waals surface area contributed by atoms with Crippen LogP contribution in [0.2, 0.25) is 0 Å². The van der Waals surface area contributed by atoms with Gasteiger partial charge in [-0.25, -0.2) is 13.6 Å². The summed E-state index contributed by atoms with van der Waals surface area (Å²) in [7, 11) is 0. The Bertz CT molecular complexity index is 563. The number of rotatable bonds is 5. The van der Waals surface area contributed by atoms with E-state index in [0.29, 0.717) is 25.3 Å². The molecule has 0 aromatic heterocycles. The maximum absolute atomic E-state index is 13.3. The zero-order valence-corrected chi connectivity index (χ0v) is 14.0. The standard InChI is InChI=1S/C17H24F2N2O3/c1-3-24-17(23)21-8-6-13(7-9-21)20-11(2)16(22)12-4-5-14(18)15(19)10-12/h4-5,10-11,13,16,20,22H,3,6-9H2,1-2H3/t11-,16-/m1/s1. The minimum absolute atomic E-state index is 0.144. The molecule has 2 atom stereocenters. The van der Waals surface area contributed by atoms with Crippen molar-refractivity contribution in [1.29, 1.82) is 0 Å². The van der Waals surface area contributed by atoms with Crippen molar-refractivity contribution >= 4 is 6.09 Å². The van der Waals surface area contributed by atoms with Crippen LogP contribution in [0.15, 0.2) is 18.2 Å². The first-order valence-electron chi connectivity index (χ1n) is 8.23. The van der Waals surface area contributed by atoms with Crippen LogP contribution in [0.4, 0.5) is 13.6 Å². The van der Waals surface area contributed by atoms with Gasteiger partial charge in [0.25, 0.3) is 0 Å². The van der Waals surface area contributed by atoms with Crippen LogP contribution in [0.5, 0.6) is 0 Å². The van der Waals surface area contributed by atoms with E-state index in [9.17, 15) is 18.7 Å². The van der Waals surface area contributed by atoms with Gasteiger partial charge in [-0.15, -0.1) is 0 Å². The van der Waals surface area contributed by atoms with Gasteiger partial charge in [0.2, 0.25) is 0 Å². The van der Waals surface area contributed by atoms with Crippen LogP contribution in [-0.2, 0) is 4.74 Å². The molecule has 0 bridgehead atoms. The third kappa shape index (κ3) is 4.64. The first kappa shape index (κ1) is 18.6. The monoisotopic (exact) mass is 342 g/mol. The molecule has 1 saturated heterocycles. The molecule has 0 aliphatic carbocycles. The number of hydrogen-bond donors (Lipinski definition) is 2. The van der Waals surface area contributed by atoms with Gasteiger partial charge in [-0.2, -0.15) is 0 Å². The van der Waals surface area contributed by atoms with Gasteiger partial charge in [0, 0.05) is 25.2 Å². The van der Waals surface area contributed by atoms with E-state index in [2.05, 4.69) is 5.32 Å². The molecule has 1 aliphatic rings. The molecule has 7 heteroatoms. The predicted molar refractivity (Wildman–Crippen MR) is 85.5 cm³/mol. The predicted octanol–water partition coefficient (Wildman–Crippen LogP) is 2.60. The van der Waals surface area contributed by atoms with Crippen LogP contribution in [0, 0.1) is 11.6 Å². The Kier molecular flexibility index (Phi) is 6.51. The van der Waals surface area contributed by atoms with Gasteiger partial charge in [0.05, 0.1) is 12.7 Å². The van der Waals surface area contributed by atoms with E-state index in [4.69, 9.17) is 4.74 Å². The fraction of sp³-hybridized carbons (Fsp3) is 0.588. The Morgan fingerprint density at radius 3 is 2.62 bits per heavy atom. The summed E-state index contributed by atoms with van der Waals surface area (Å²) in [6.45, 7) is 5.10. The number of nitrogens with one attached hydrogen (secondary N) is 1. The Balaban J connectivity index is 1.85. The number of aliphatic hydroxyl groups excluding tert-OH is 1. The maximum atomic E-state index is 13.3. The third-order valence-corrected chi connectivity index (χ3v) is 4.28. The molecule has 134 valence electrons. The Hall–Kier alpha value is -1.73. The van der Waals surface area contributed by atoms with Crippen molar-refractivity contribution in [3.8, 4) is 0 Å². The summed E-state index contributed by atoms with van der Waals surface area (Å²) in [4.78, 5) is 13.3. The summed E-state index contributed by atoms with van der Waals surface area (Å²) < 4.78 is 31.2. The van der Waals surface area contributed by atoms with E-state index in [-0.39, 0.29) is 18.2 Å². The van der Waals surface area contributed by atoms with E-state index >= 15 is 0 Å². The second-order valence-electron chi connectivity index (χ2n) is 6.03. The van der Waals surface area contributed by atoms with Gasteiger partial charge < -0.3 is 20.1 Å².